The highest BCUT2D eigenvalue weighted by Crippen LogP contribution is 2.07. The molecule has 1 N–H and O–H groups in total. The van der Waals surface area contributed by atoms with Crippen LogP contribution in [0.15, 0.2) is 30.3 Å². The third kappa shape index (κ3) is 4.11. The molecule has 0 spiro atoms. The second kappa shape index (κ2) is 6.74. The summed E-state index contributed by atoms with van der Waals surface area (Å²) in [7, 11) is 0. The van der Waals surface area contributed by atoms with Crippen molar-refractivity contribution in [3.05, 3.63) is 35.9 Å². The van der Waals surface area contributed by atoms with Gasteiger partial charge in [0, 0.05) is 26.2 Å². The SMILES string of the molecule is CCN(Cc1ccccc1)CC1CNCCO1. The van der Waals surface area contributed by atoms with Crippen LogP contribution < -0.4 is 5.32 Å². The Balaban J connectivity index is 1.83. The maximum Gasteiger partial charge on any atom is 0.0826 e. The number of benzene rings is 1. The molecule has 0 aliphatic carbocycles. The van der Waals surface area contributed by atoms with Crippen LogP contribution in [0.3, 0.4) is 0 Å². The monoisotopic (exact) mass is 234 g/mol. The molecule has 0 aromatic heterocycles. The van der Waals surface area contributed by atoms with E-state index in [9.17, 15) is 0 Å². The van der Waals surface area contributed by atoms with Crippen molar-refractivity contribution >= 4 is 0 Å². The highest BCUT2D eigenvalue weighted by molar-refractivity contribution is 5.14. The Bertz CT molecular complexity index is 309. The summed E-state index contributed by atoms with van der Waals surface area (Å²) in [6, 6.07) is 10.6. The van der Waals surface area contributed by atoms with Crippen LogP contribution >= 0.6 is 0 Å². The van der Waals surface area contributed by atoms with E-state index in [0.717, 1.165) is 39.3 Å². The molecule has 1 aliphatic rings. The number of ether oxygens (including phenoxy) is 1. The van der Waals surface area contributed by atoms with Gasteiger partial charge in [-0.3, -0.25) is 4.90 Å². The summed E-state index contributed by atoms with van der Waals surface area (Å²) in [6.45, 7) is 8.10. The molecule has 1 heterocycles. The first-order chi connectivity index (χ1) is 8.38. The molecule has 0 amide bonds. The maximum absolute atomic E-state index is 5.74. The lowest BCUT2D eigenvalue weighted by molar-refractivity contribution is 0.00494. The van der Waals surface area contributed by atoms with Gasteiger partial charge < -0.3 is 10.1 Å². The van der Waals surface area contributed by atoms with Crippen LogP contribution in [0, 0.1) is 0 Å². The molecular formula is C14H22N2O. The van der Waals surface area contributed by atoms with Gasteiger partial charge in [-0.1, -0.05) is 37.3 Å². The molecule has 0 radical (unpaired) electrons. The number of hydrogen-bond acceptors (Lipinski definition) is 3. The normalized spacial score (nSPS) is 20.7. The van der Waals surface area contributed by atoms with Gasteiger partial charge in [-0.15, -0.1) is 0 Å². The first kappa shape index (κ1) is 12.6. The third-order valence-electron chi connectivity index (χ3n) is 3.16. The van der Waals surface area contributed by atoms with Crippen LogP contribution in [0.5, 0.6) is 0 Å². The van der Waals surface area contributed by atoms with Crippen molar-refractivity contribution in [2.45, 2.75) is 19.6 Å². The van der Waals surface area contributed by atoms with Gasteiger partial charge in [-0.2, -0.15) is 0 Å². The molecule has 1 aromatic rings. The Hall–Kier alpha value is -0.900. The number of nitrogens with zero attached hydrogens (tertiary/aromatic N) is 1. The van der Waals surface area contributed by atoms with E-state index in [4.69, 9.17) is 4.74 Å². The maximum atomic E-state index is 5.74. The van der Waals surface area contributed by atoms with Crippen LogP contribution in [0.2, 0.25) is 0 Å². The first-order valence-electron chi connectivity index (χ1n) is 6.47. The molecular weight excluding hydrogens is 212 g/mol. The average Bonchev–Trinajstić information content (AvgIpc) is 2.40. The predicted molar refractivity (Wildman–Crippen MR) is 70.0 cm³/mol. The molecule has 0 saturated carbocycles. The van der Waals surface area contributed by atoms with E-state index >= 15 is 0 Å². The fourth-order valence-corrected chi connectivity index (χ4v) is 2.17. The summed E-state index contributed by atoms with van der Waals surface area (Å²) in [4.78, 5) is 2.44. The Morgan fingerprint density at radius 2 is 2.18 bits per heavy atom. The molecule has 1 aromatic carbocycles. The van der Waals surface area contributed by atoms with Gasteiger partial charge >= 0.3 is 0 Å². The molecule has 1 atom stereocenters. The lowest BCUT2D eigenvalue weighted by Crippen LogP contribution is -2.45. The number of hydrogen-bond donors (Lipinski definition) is 1. The molecule has 0 bridgehead atoms. The standard InChI is InChI=1S/C14H22N2O/c1-2-16(11-13-6-4-3-5-7-13)12-14-10-15-8-9-17-14/h3-7,14-15H,2,8-12H2,1H3. The Labute approximate surface area is 104 Å². The summed E-state index contributed by atoms with van der Waals surface area (Å²) in [5.74, 6) is 0. The summed E-state index contributed by atoms with van der Waals surface area (Å²) in [5.41, 5.74) is 1.37. The van der Waals surface area contributed by atoms with Crippen molar-refractivity contribution in [3.8, 4) is 0 Å². The van der Waals surface area contributed by atoms with E-state index in [1.165, 1.54) is 5.56 Å². The topological polar surface area (TPSA) is 24.5 Å². The highest BCUT2D eigenvalue weighted by atomic mass is 16.5. The van der Waals surface area contributed by atoms with Crippen LogP contribution in [-0.2, 0) is 11.3 Å². The van der Waals surface area contributed by atoms with Crippen LogP contribution in [0.1, 0.15) is 12.5 Å². The summed E-state index contributed by atoms with van der Waals surface area (Å²) in [5, 5.41) is 3.38. The van der Waals surface area contributed by atoms with E-state index in [1.807, 2.05) is 0 Å². The van der Waals surface area contributed by atoms with Crippen molar-refractivity contribution < 1.29 is 4.74 Å². The van der Waals surface area contributed by atoms with Crippen LogP contribution in [0.25, 0.3) is 0 Å². The Kier molecular flexibility index (Phi) is 4.98. The van der Waals surface area contributed by atoms with Gasteiger partial charge in [0.25, 0.3) is 0 Å². The zero-order valence-electron chi connectivity index (χ0n) is 10.6. The quantitative estimate of drug-likeness (QED) is 0.835. The molecule has 3 heteroatoms. The molecule has 1 aliphatic heterocycles. The van der Waals surface area contributed by atoms with Gasteiger partial charge in [0.05, 0.1) is 12.7 Å². The summed E-state index contributed by atoms with van der Waals surface area (Å²) < 4.78 is 5.74. The number of rotatable bonds is 5. The fraction of sp³-hybridized carbons (Fsp3) is 0.571. The molecule has 1 saturated heterocycles. The minimum atomic E-state index is 0.340. The van der Waals surface area contributed by atoms with Crippen molar-refractivity contribution in [2.24, 2.45) is 0 Å². The largest absolute Gasteiger partial charge is 0.374 e. The predicted octanol–water partition coefficient (Wildman–Crippen LogP) is 1.50. The molecule has 2 rings (SSSR count). The van der Waals surface area contributed by atoms with Crippen molar-refractivity contribution in [1.82, 2.24) is 10.2 Å². The number of morpholine rings is 1. The van der Waals surface area contributed by atoms with Gasteiger partial charge in [0.15, 0.2) is 0 Å². The number of nitrogens with one attached hydrogen (secondary N) is 1. The zero-order chi connectivity index (χ0) is 11.9. The molecule has 1 fully saturated rings. The summed E-state index contributed by atoms with van der Waals surface area (Å²) in [6.07, 6.45) is 0.340. The minimum absolute atomic E-state index is 0.340. The van der Waals surface area contributed by atoms with Gasteiger partial charge in [0.2, 0.25) is 0 Å². The molecule has 1 unspecified atom stereocenters. The fourth-order valence-electron chi connectivity index (χ4n) is 2.17. The van der Waals surface area contributed by atoms with E-state index in [2.05, 4.69) is 47.5 Å². The minimum Gasteiger partial charge on any atom is -0.374 e. The van der Waals surface area contributed by atoms with Crippen molar-refractivity contribution in [2.75, 3.05) is 32.8 Å². The average molecular weight is 234 g/mol. The second-order valence-electron chi connectivity index (χ2n) is 4.51. The molecule has 3 nitrogen and oxygen atoms in total. The third-order valence-corrected chi connectivity index (χ3v) is 3.16. The Morgan fingerprint density at radius 1 is 1.35 bits per heavy atom. The van der Waals surface area contributed by atoms with Gasteiger partial charge in [-0.05, 0) is 12.1 Å². The Morgan fingerprint density at radius 3 is 2.82 bits per heavy atom. The van der Waals surface area contributed by atoms with E-state index in [0.29, 0.717) is 6.10 Å². The highest BCUT2D eigenvalue weighted by Gasteiger charge is 2.16. The van der Waals surface area contributed by atoms with Crippen molar-refractivity contribution in [1.29, 1.82) is 0 Å². The molecule has 94 valence electrons. The van der Waals surface area contributed by atoms with Crippen LogP contribution in [-0.4, -0.2) is 43.8 Å². The van der Waals surface area contributed by atoms with Crippen LogP contribution in [0.4, 0.5) is 0 Å². The molecule has 17 heavy (non-hydrogen) atoms. The van der Waals surface area contributed by atoms with E-state index in [1.54, 1.807) is 0 Å². The van der Waals surface area contributed by atoms with Gasteiger partial charge in [-0.25, -0.2) is 0 Å². The second-order valence-corrected chi connectivity index (χ2v) is 4.51. The first-order valence-corrected chi connectivity index (χ1v) is 6.47. The summed E-state index contributed by atoms with van der Waals surface area (Å²) >= 11 is 0. The van der Waals surface area contributed by atoms with E-state index < -0.39 is 0 Å². The smallest absolute Gasteiger partial charge is 0.0826 e. The zero-order valence-corrected chi connectivity index (χ0v) is 10.6. The van der Waals surface area contributed by atoms with Crippen molar-refractivity contribution in [3.63, 3.8) is 0 Å². The van der Waals surface area contributed by atoms with E-state index in [-0.39, 0.29) is 0 Å². The lowest BCUT2D eigenvalue weighted by atomic mass is 10.2. The van der Waals surface area contributed by atoms with Gasteiger partial charge in [0.1, 0.15) is 0 Å². The number of likely N-dealkylation sites (N-methyl/N-ethyl adjacent to an activating group) is 1. The lowest BCUT2D eigenvalue weighted by Gasteiger charge is -2.29.